The van der Waals surface area contributed by atoms with Crippen LogP contribution in [0, 0.1) is 0 Å². The molecule has 9 heteroatoms. The molecule has 0 saturated heterocycles. The third-order valence-corrected chi connectivity index (χ3v) is 7.40. The molecule has 0 radical (unpaired) electrons. The maximum Gasteiger partial charge on any atom is 0.282 e. The molecule has 0 aliphatic carbocycles. The highest BCUT2D eigenvalue weighted by Gasteiger charge is 2.33. The first-order chi connectivity index (χ1) is 21.4. The molecule has 1 aliphatic rings. The average molecular weight is 584 g/mol. The molecular weight excluding hydrogens is 556 g/mol. The van der Waals surface area contributed by atoms with Crippen LogP contribution in [0.5, 0.6) is 5.75 Å². The van der Waals surface area contributed by atoms with Crippen molar-refractivity contribution < 1.29 is 24.2 Å². The van der Waals surface area contributed by atoms with Gasteiger partial charge in [0, 0.05) is 40.2 Å². The van der Waals surface area contributed by atoms with Gasteiger partial charge in [-0.2, -0.15) is 0 Å². The average Bonchev–Trinajstić information content (AvgIpc) is 3.61. The Balaban J connectivity index is 1.25. The number of fused-ring (bicyclic) bond motifs is 1. The molecule has 0 spiro atoms. The second-order valence-corrected chi connectivity index (χ2v) is 10.2. The van der Waals surface area contributed by atoms with Crippen molar-refractivity contribution >= 4 is 46.3 Å². The maximum atomic E-state index is 13.7. The lowest BCUT2D eigenvalue weighted by atomic mass is 10.0. The normalized spacial score (nSPS) is 14.5. The minimum Gasteiger partial charge on any atom is -0.548 e. The number of amides is 2. The number of hydrogen-bond donors (Lipinski definition) is 2. The van der Waals surface area contributed by atoms with Crippen molar-refractivity contribution in [2.75, 3.05) is 12.0 Å². The van der Waals surface area contributed by atoms with Gasteiger partial charge in [-0.05, 0) is 48.0 Å². The predicted molar refractivity (Wildman–Crippen MR) is 166 cm³/mol. The molecule has 5 aromatic rings. The van der Waals surface area contributed by atoms with E-state index in [9.17, 15) is 19.5 Å². The Bertz CT molecular complexity index is 1930. The Morgan fingerprint density at radius 3 is 2.41 bits per heavy atom. The number of hydrogen-bond acceptors (Lipinski definition) is 6. The summed E-state index contributed by atoms with van der Waals surface area (Å²) in [5.74, 6) is -1.27. The number of para-hydroxylation sites is 2. The molecule has 1 aromatic heterocycles. The van der Waals surface area contributed by atoms with Crippen molar-refractivity contribution in [1.29, 1.82) is 0 Å². The number of nitrogens with one attached hydrogen (secondary N) is 2. The summed E-state index contributed by atoms with van der Waals surface area (Å²) < 4.78 is 5.44. The van der Waals surface area contributed by atoms with Crippen molar-refractivity contribution in [1.82, 2.24) is 10.3 Å². The molecule has 4 aromatic carbocycles. The molecule has 9 nitrogen and oxygen atoms in total. The van der Waals surface area contributed by atoms with Gasteiger partial charge in [0.25, 0.3) is 11.8 Å². The molecule has 1 aliphatic heterocycles. The zero-order valence-electron chi connectivity index (χ0n) is 23.7. The Morgan fingerprint density at radius 1 is 0.955 bits per heavy atom. The summed E-state index contributed by atoms with van der Waals surface area (Å²) in [6.07, 6.45) is 3.47. The molecule has 2 heterocycles. The summed E-state index contributed by atoms with van der Waals surface area (Å²) in [6.45, 7) is 0. The molecule has 2 N–H and O–H groups in total. The molecule has 218 valence electrons. The summed E-state index contributed by atoms with van der Waals surface area (Å²) in [4.78, 5) is 48.1. The molecule has 0 saturated carbocycles. The third-order valence-electron chi connectivity index (χ3n) is 7.40. The first-order valence-electron chi connectivity index (χ1n) is 13.9. The zero-order chi connectivity index (χ0) is 30.6. The van der Waals surface area contributed by atoms with E-state index in [0.717, 1.165) is 22.0 Å². The predicted octanol–water partition coefficient (Wildman–Crippen LogP) is 4.10. The first-order valence-corrected chi connectivity index (χ1v) is 13.9. The molecule has 6 rings (SSSR count). The number of aromatic nitrogens is 1. The van der Waals surface area contributed by atoms with Gasteiger partial charge < -0.3 is 24.9 Å². The van der Waals surface area contributed by atoms with Crippen molar-refractivity contribution in [3.63, 3.8) is 0 Å². The number of methoxy groups -OCH3 is 1. The SMILES string of the molecule is COc1ccccc1/C=C1\N=C(c2ccccc2)N(c2ccc(C(=O)N[C@H](Cc3c[nH]c4ccccc34)C(=O)[O-])cc2)C1=O. The van der Waals surface area contributed by atoms with E-state index < -0.39 is 17.9 Å². The van der Waals surface area contributed by atoms with Crippen LogP contribution in [0.1, 0.15) is 27.0 Å². The largest absolute Gasteiger partial charge is 0.548 e. The second-order valence-electron chi connectivity index (χ2n) is 10.2. The number of aliphatic imine (C=N–C) groups is 1. The molecule has 1 atom stereocenters. The van der Waals surface area contributed by atoms with Crippen LogP contribution in [-0.2, 0) is 16.0 Å². The number of benzene rings is 4. The number of aliphatic carboxylic acids is 1. The van der Waals surface area contributed by atoms with Crippen LogP contribution in [0.3, 0.4) is 0 Å². The fourth-order valence-electron chi connectivity index (χ4n) is 5.19. The highest BCUT2D eigenvalue weighted by Crippen LogP contribution is 2.30. The van der Waals surface area contributed by atoms with Gasteiger partial charge in [-0.1, -0.05) is 66.7 Å². The summed E-state index contributed by atoms with van der Waals surface area (Å²) >= 11 is 0. The standard InChI is InChI=1S/C35H28N4O5/c1-44-31-14-8-5-11-24(31)19-29-34(41)39(32(37-29)22-9-3-2-4-10-22)26-17-15-23(16-18-26)33(40)38-30(35(42)43)20-25-21-36-28-13-7-6-12-27(25)28/h2-19,21,30,36H,20H2,1H3,(H,38,40)(H,42,43)/p-1/b29-19-/t30-/m1/s1. The molecule has 0 bridgehead atoms. The number of carbonyl (C=O) groups is 3. The number of aromatic amines is 1. The lowest BCUT2D eigenvalue weighted by Crippen LogP contribution is -2.49. The van der Waals surface area contributed by atoms with Gasteiger partial charge in [0.15, 0.2) is 0 Å². The van der Waals surface area contributed by atoms with E-state index in [1.807, 2.05) is 72.8 Å². The van der Waals surface area contributed by atoms with Crippen LogP contribution in [0.15, 0.2) is 120 Å². The highest BCUT2D eigenvalue weighted by atomic mass is 16.5. The minimum atomic E-state index is -1.39. The third kappa shape index (κ3) is 5.58. The van der Waals surface area contributed by atoms with Crippen LogP contribution in [-0.4, -0.2) is 41.8 Å². The Morgan fingerprint density at radius 2 is 1.66 bits per heavy atom. The minimum absolute atomic E-state index is 0.0522. The molecular formula is C35H27N4O5-. The van der Waals surface area contributed by atoms with E-state index in [4.69, 9.17) is 4.74 Å². The Labute approximate surface area is 253 Å². The van der Waals surface area contributed by atoms with E-state index in [2.05, 4.69) is 15.3 Å². The molecule has 44 heavy (non-hydrogen) atoms. The lowest BCUT2D eigenvalue weighted by molar-refractivity contribution is -0.308. The van der Waals surface area contributed by atoms with E-state index in [0.29, 0.717) is 22.8 Å². The van der Waals surface area contributed by atoms with Crippen LogP contribution in [0.4, 0.5) is 5.69 Å². The van der Waals surface area contributed by atoms with Gasteiger partial charge in [-0.25, -0.2) is 4.99 Å². The van der Waals surface area contributed by atoms with E-state index in [-0.39, 0.29) is 23.6 Å². The fraction of sp³-hybridized carbons (Fsp3) is 0.0857. The summed E-state index contributed by atoms with van der Waals surface area (Å²) in [6, 6.07) is 29.3. The van der Waals surface area contributed by atoms with Crippen LogP contribution in [0.25, 0.3) is 17.0 Å². The number of H-pyrrole nitrogens is 1. The van der Waals surface area contributed by atoms with Gasteiger partial charge in [-0.3, -0.25) is 14.5 Å². The number of carbonyl (C=O) groups excluding carboxylic acids is 3. The van der Waals surface area contributed by atoms with Gasteiger partial charge in [0.1, 0.15) is 17.3 Å². The summed E-state index contributed by atoms with van der Waals surface area (Å²) in [5, 5.41) is 15.4. The molecule has 0 fully saturated rings. The van der Waals surface area contributed by atoms with Gasteiger partial charge in [0.2, 0.25) is 0 Å². The van der Waals surface area contributed by atoms with Gasteiger partial charge in [0.05, 0.1) is 24.8 Å². The van der Waals surface area contributed by atoms with Crippen LogP contribution in [0.2, 0.25) is 0 Å². The first kappa shape index (κ1) is 28.2. The Hall–Kier alpha value is -5.96. The van der Waals surface area contributed by atoms with Crippen molar-refractivity contribution in [3.8, 4) is 5.75 Å². The van der Waals surface area contributed by atoms with Gasteiger partial charge >= 0.3 is 0 Å². The maximum absolute atomic E-state index is 13.7. The molecule has 0 unspecified atom stereocenters. The zero-order valence-corrected chi connectivity index (χ0v) is 23.7. The monoisotopic (exact) mass is 583 g/mol. The smallest absolute Gasteiger partial charge is 0.282 e. The number of rotatable bonds is 9. The fourth-order valence-corrected chi connectivity index (χ4v) is 5.19. The number of carboxylic acids is 1. The Kier molecular flexibility index (Phi) is 7.75. The van der Waals surface area contributed by atoms with E-state index >= 15 is 0 Å². The van der Waals surface area contributed by atoms with Gasteiger partial charge in [-0.15, -0.1) is 0 Å². The van der Waals surface area contributed by atoms with E-state index in [1.54, 1.807) is 49.7 Å². The van der Waals surface area contributed by atoms with Crippen LogP contribution >= 0.6 is 0 Å². The second kappa shape index (κ2) is 12.1. The number of anilines is 1. The van der Waals surface area contributed by atoms with Crippen molar-refractivity contribution in [2.45, 2.75) is 12.5 Å². The topological polar surface area (TPSA) is 127 Å². The van der Waals surface area contributed by atoms with E-state index in [1.165, 1.54) is 4.90 Å². The summed E-state index contributed by atoms with van der Waals surface area (Å²) in [7, 11) is 1.56. The van der Waals surface area contributed by atoms with Crippen molar-refractivity contribution in [3.05, 3.63) is 137 Å². The number of amidine groups is 1. The number of ether oxygens (including phenoxy) is 1. The van der Waals surface area contributed by atoms with Crippen LogP contribution < -0.4 is 20.1 Å². The summed E-state index contributed by atoms with van der Waals surface area (Å²) in [5.41, 5.74) is 4.02. The number of carboxylic acid groups (broad SMARTS) is 1. The quantitative estimate of drug-likeness (QED) is 0.253. The van der Waals surface area contributed by atoms with Crippen molar-refractivity contribution in [2.24, 2.45) is 4.99 Å². The number of nitrogens with zero attached hydrogens (tertiary/aromatic N) is 2. The lowest BCUT2D eigenvalue weighted by Gasteiger charge is -2.21. The highest BCUT2D eigenvalue weighted by molar-refractivity contribution is 6.33. The molecule has 2 amide bonds.